The van der Waals surface area contributed by atoms with Crippen LogP contribution >= 0.6 is 12.2 Å². The van der Waals surface area contributed by atoms with Gasteiger partial charge in [-0.2, -0.15) is 0 Å². The summed E-state index contributed by atoms with van der Waals surface area (Å²) in [6.45, 7) is 3.15. The van der Waals surface area contributed by atoms with Crippen molar-refractivity contribution in [2.24, 2.45) is 5.73 Å². The number of hydrogen-bond acceptors (Lipinski definition) is 6. The number of ether oxygens (including phenoxy) is 4. The molecule has 2 aromatic carbocycles. The highest BCUT2D eigenvalue weighted by molar-refractivity contribution is 7.80. The standard InChI is InChI=1S/C22H25NO5S/c1-14-20(24)17-9-10-19(25-2)21(18(17)13-28-14)27-12-4-3-11-26-16-7-5-15(6-8-16)22(23)29/h5-10,14H,3-4,11-13H2,1-2H3,(H2,23,29). The number of hydrogen-bond donors (Lipinski definition) is 1. The van der Waals surface area contributed by atoms with Crippen molar-refractivity contribution in [2.45, 2.75) is 32.5 Å². The smallest absolute Gasteiger partial charge is 0.191 e. The first kappa shape index (κ1) is 21.1. The van der Waals surface area contributed by atoms with Gasteiger partial charge in [0.25, 0.3) is 0 Å². The van der Waals surface area contributed by atoms with Crippen molar-refractivity contribution >= 4 is 23.0 Å². The Labute approximate surface area is 175 Å². The fraction of sp³-hybridized carbons (Fsp3) is 0.364. The van der Waals surface area contributed by atoms with Crippen molar-refractivity contribution in [3.05, 3.63) is 53.1 Å². The maximum Gasteiger partial charge on any atom is 0.191 e. The first-order valence-corrected chi connectivity index (χ1v) is 9.93. The largest absolute Gasteiger partial charge is 0.494 e. The third kappa shape index (κ3) is 5.05. The number of fused-ring (bicyclic) bond motifs is 1. The van der Waals surface area contributed by atoms with Crippen molar-refractivity contribution in [2.75, 3.05) is 20.3 Å². The molecule has 1 aliphatic rings. The van der Waals surface area contributed by atoms with Crippen LogP contribution in [0.4, 0.5) is 0 Å². The monoisotopic (exact) mass is 415 g/mol. The number of rotatable bonds is 9. The number of ketones is 1. The van der Waals surface area contributed by atoms with Crippen LogP contribution < -0.4 is 19.9 Å². The third-order valence-corrected chi connectivity index (χ3v) is 4.98. The van der Waals surface area contributed by atoms with E-state index in [4.69, 9.17) is 36.9 Å². The minimum Gasteiger partial charge on any atom is -0.494 e. The molecule has 6 nitrogen and oxygen atoms in total. The van der Waals surface area contributed by atoms with Gasteiger partial charge in [0.2, 0.25) is 0 Å². The molecule has 2 aromatic rings. The number of carbonyl (C=O) groups is 1. The Kier molecular flexibility index (Phi) is 7.06. The van der Waals surface area contributed by atoms with E-state index >= 15 is 0 Å². The lowest BCUT2D eigenvalue weighted by Gasteiger charge is -2.24. The minimum absolute atomic E-state index is 0.0337. The number of carbonyl (C=O) groups excluding carboxylic acids is 1. The number of Topliss-reactive ketones (excluding diaryl/α,β-unsaturated/α-hetero) is 1. The molecule has 1 atom stereocenters. The van der Waals surface area contributed by atoms with E-state index in [0.717, 1.165) is 29.7 Å². The van der Waals surface area contributed by atoms with Gasteiger partial charge in [-0.1, -0.05) is 12.2 Å². The molecule has 1 unspecified atom stereocenters. The topological polar surface area (TPSA) is 80.0 Å². The van der Waals surface area contributed by atoms with Crippen molar-refractivity contribution in [1.29, 1.82) is 0 Å². The van der Waals surface area contributed by atoms with Crippen LogP contribution in [0.3, 0.4) is 0 Å². The highest BCUT2D eigenvalue weighted by Gasteiger charge is 2.28. The van der Waals surface area contributed by atoms with Gasteiger partial charge in [-0.05, 0) is 56.2 Å². The van der Waals surface area contributed by atoms with Gasteiger partial charge in [0.05, 0.1) is 26.9 Å². The molecule has 0 spiro atoms. The molecule has 29 heavy (non-hydrogen) atoms. The van der Waals surface area contributed by atoms with Crippen molar-refractivity contribution in [3.63, 3.8) is 0 Å². The van der Waals surface area contributed by atoms with Gasteiger partial charge in [-0.3, -0.25) is 4.79 Å². The Morgan fingerprint density at radius 3 is 2.48 bits per heavy atom. The fourth-order valence-corrected chi connectivity index (χ4v) is 3.22. The summed E-state index contributed by atoms with van der Waals surface area (Å²) < 4.78 is 22.6. The molecule has 7 heteroatoms. The van der Waals surface area contributed by atoms with Crippen LogP contribution in [-0.4, -0.2) is 37.2 Å². The Balaban J connectivity index is 1.50. The summed E-state index contributed by atoms with van der Waals surface area (Å²) in [7, 11) is 1.58. The molecule has 0 aromatic heterocycles. The average Bonchev–Trinajstić information content (AvgIpc) is 2.73. The maximum absolute atomic E-state index is 12.3. The molecule has 0 fully saturated rings. The Morgan fingerprint density at radius 2 is 1.83 bits per heavy atom. The highest BCUT2D eigenvalue weighted by atomic mass is 32.1. The van der Waals surface area contributed by atoms with Crippen molar-refractivity contribution in [1.82, 2.24) is 0 Å². The second-order valence-electron chi connectivity index (χ2n) is 6.73. The Bertz CT molecular complexity index is 882. The second kappa shape index (κ2) is 9.71. The molecular weight excluding hydrogens is 390 g/mol. The van der Waals surface area contributed by atoms with Crippen LogP contribution in [0.15, 0.2) is 36.4 Å². The first-order valence-electron chi connectivity index (χ1n) is 9.52. The lowest BCUT2D eigenvalue weighted by Crippen LogP contribution is -2.27. The van der Waals surface area contributed by atoms with E-state index in [-0.39, 0.29) is 5.78 Å². The molecule has 0 aliphatic carbocycles. The van der Waals surface area contributed by atoms with E-state index in [1.54, 1.807) is 26.2 Å². The van der Waals surface area contributed by atoms with Gasteiger partial charge in [0, 0.05) is 16.7 Å². The molecule has 2 N–H and O–H groups in total. The zero-order valence-electron chi connectivity index (χ0n) is 16.6. The van der Waals surface area contributed by atoms with E-state index in [1.807, 2.05) is 24.3 Å². The van der Waals surface area contributed by atoms with E-state index in [2.05, 4.69) is 0 Å². The van der Waals surface area contributed by atoms with Crippen LogP contribution in [0.2, 0.25) is 0 Å². The number of methoxy groups -OCH3 is 1. The summed E-state index contributed by atoms with van der Waals surface area (Å²) >= 11 is 4.94. The van der Waals surface area contributed by atoms with Gasteiger partial charge < -0.3 is 24.7 Å². The first-order chi connectivity index (χ1) is 14.0. The molecular formula is C22H25NO5S. The van der Waals surface area contributed by atoms with E-state index < -0.39 is 6.10 Å². The fourth-order valence-electron chi connectivity index (χ4n) is 3.09. The summed E-state index contributed by atoms with van der Waals surface area (Å²) in [6.07, 6.45) is 1.18. The predicted molar refractivity (Wildman–Crippen MR) is 114 cm³/mol. The van der Waals surface area contributed by atoms with E-state index in [1.165, 1.54) is 0 Å². The van der Waals surface area contributed by atoms with Crippen LogP contribution in [0.1, 0.15) is 41.3 Å². The van der Waals surface area contributed by atoms with Crippen LogP contribution in [0.25, 0.3) is 0 Å². The van der Waals surface area contributed by atoms with Crippen LogP contribution in [0.5, 0.6) is 17.2 Å². The van der Waals surface area contributed by atoms with Crippen LogP contribution in [0, 0.1) is 0 Å². The van der Waals surface area contributed by atoms with Gasteiger partial charge in [0.15, 0.2) is 17.3 Å². The van der Waals surface area contributed by atoms with Crippen LogP contribution in [-0.2, 0) is 11.3 Å². The summed E-state index contributed by atoms with van der Waals surface area (Å²) in [6, 6.07) is 10.9. The molecule has 1 aliphatic heterocycles. The molecule has 0 saturated carbocycles. The molecule has 0 amide bonds. The zero-order valence-corrected chi connectivity index (χ0v) is 17.4. The second-order valence-corrected chi connectivity index (χ2v) is 7.17. The molecule has 0 radical (unpaired) electrons. The normalized spacial score (nSPS) is 15.5. The van der Waals surface area contributed by atoms with E-state index in [9.17, 15) is 4.79 Å². The summed E-state index contributed by atoms with van der Waals surface area (Å²) in [5, 5.41) is 0. The summed E-state index contributed by atoms with van der Waals surface area (Å²) in [4.78, 5) is 12.7. The SMILES string of the molecule is COc1ccc2c(c1OCCCCOc1ccc(C(N)=S)cc1)COC(C)C2=O. The molecule has 3 rings (SSSR count). The highest BCUT2D eigenvalue weighted by Crippen LogP contribution is 2.37. The number of nitrogens with two attached hydrogens (primary N) is 1. The molecule has 154 valence electrons. The third-order valence-electron chi connectivity index (χ3n) is 4.75. The molecule has 0 saturated heterocycles. The van der Waals surface area contributed by atoms with Gasteiger partial charge in [-0.15, -0.1) is 0 Å². The maximum atomic E-state index is 12.3. The van der Waals surface area contributed by atoms with Crippen molar-refractivity contribution in [3.8, 4) is 17.2 Å². The lowest BCUT2D eigenvalue weighted by molar-refractivity contribution is 0.0324. The Hall–Kier alpha value is -2.64. The lowest BCUT2D eigenvalue weighted by atomic mass is 9.97. The number of thiocarbonyl (C=S) groups is 1. The molecule has 1 heterocycles. The quantitative estimate of drug-likeness (QED) is 0.494. The summed E-state index contributed by atoms with van der Waals surface area (Å²) in [5.41, 5.74) is 7.80. The number of unbranched alkanes of at least 4 members (excludes halogenated alkanes) is 1. The summed E-state index contributed by atoms with van der Waals surface area (Å²) in [5.74, 6) is 1.92. The average molecular weight is 416 g/mol. The minimum atomic E-state index is -0.435. The Morgan fingerprint density at radius 1 is 1.14 bits per heavy atom. The van der Waals surface area contributed by atoms with E-state index in [0.29, 0.717) is 41.9 Å². The predicted octanol–water partition coefficient (Wildman–Crippen LogP) is 3.67. The van der Waals surface area contributed by atoms with Crippen molar-refractivity contribution < 1.29 is 23.7 Å². The molecule has 0 bridgehead atoms. The van der Waals surface area contributed by atoms with Gasteiger partial charge in [-0.25, -0.2) is 0 Å². The number of benzene rings is 2. The van der Waals surface area contributed by atoms with Gasteiger partial charge in [0.1, 0.15) is 16.8 Å². The zero-order chi connectivity index (χ0) is 20.8. The van der Waals surface area contributed by atoms with Gasteiger partial charge >= 0.3 is 0 Å².